The van der Waals surface area contributed by atoms with E-state index in [1.807, 2.05) is 0 Å². The molecule has 1 aliphatic rings. The van der Waals surface area contributed by atoms with Gasteiger partial charge in [-0.05, 0) is 55.1 Å². The van der Waals surface area contributed by atoms with Gasteiger partial charge in [0.15, 0.2) is 0 Å². The fourth-order valence-electron chi connectivity index (χ4n) is 2.39. The number of anilines is 1. The quantitative estimate of drug-likeness (QED) is 0.586. The van der Waals surface area contributed by atoms with Crippen molar-refractivity contribution in [2.75, 3.05) is 18.5 Å². The predicted octanol–water partition coefficient (Wildman–Crippen LogP) is 3.13. The first-order chi connectivity index (χ1) is 13.5. The molecular formula is C19H16N2O6S. The van der Waals surface area contributed by atoms with Crippen LogP contribution in [0.3, 0.4) is 0 Å². The lowest BCUT2D eigenvalue weighted by Crippen LogP contribution is -2.36. The highest BCUT2D eigenvalue weighted by Crippen LogP contribution is 2.32. The van der Waals surface area contributed by atoms with Crippen molar-refractivity contribution in [1.82, 2.24) is 4.90 Å². The summed E-state index contributed by atoms with van der Waals surface area (Å²) >= 11 is 0.745. The highest BCUT2D eigenvalue weighted by Gasteiger charge is 2.36. The topological polar surface area (TPSA) is 106 Å². The molecule has 1 aliphatic heterocycles. The summed E-state index contributed by atoms with van der Waals surface area (Å²) in [5, 5.41) is 2.05. The van der Waals surface area contributed by atoms with Gasteiger partial charge in [-0.15, -0.1) is 0 Å². The van der Waals surface area contributed by atoms with Gasteiger partial charge in [0.25, 0.3) is 11.1 Å². The van der Waals surface area contributed by atoms with Crippen LogP contribution < -0.4 is 5.32 Å². The number of thioether (sulfide) groups is 1. The second-order valence-corrected chi connectivity index (χ2v) is 6.62. The van der Waals surface area contributed by atoms with Crippen LogP contribution >= 0.6 is 11.8 Å². The van der Waals surface area contributed by atoms with Crippen LogP contribution in [-0.4, -0.2) is 41.1 Å². The van der Waals surface area contributed by atoms with Gasteiger partial charge < -0.3 is 14.5 Å². The van der Waals surface area contributed by atoms with E-state index in [1.54, 1.807) is 19.1 Å². The molecule has 3 rings (SSSR count). The van der Waals surface area contributed by atoms with Gasteiger partial charge in [0, 0.05) is 11.8 Å². The largest absolute Gasteiger partial charge is 0.465 e. The minimum atomic E-state index is -0.556. The van der Waals surface area contributed by atoms with Crippen LogP contribution in [0.5, 0.6) is 0 Å². The van der Waals surface area contributed by atoms with Crippen LogP contribution in [-0.2, 0) is 14.3 Å². The van der Waals surface area contributed by atoms with E-state index in [0.717, 1.165) is 16.7 Å². The molecule has 0 spiro atoms. The van der Waals surface area contributed by atoms with E-state index in [9.17, 15) is 19.2 Å². The molecule has 28 heavy (non-hydrogen) atoms. The number of furan rings is 1. The molecule has 2 heterocycles. The van der Waals surface area contributed by atoms with Gasteiger partial charge >= 0.3 is 5.97 Å². The Balaban J connectivity index is 1.61. The Morgan fingerprint density at radius 2 is 1.96 bits per heavy atom. The lowest BCUT2D eigenvalue weighted by atomic mass is 10.2. The molecule has 1 saturated heterocycles. The Labute approximate surface area is 164 Å². The summed E-state index contributed by atoms with van der Waals surface area (Å²) in [5.41, 5.74) is 0.782. The molecule has 0 unspecified atom stereocenters. The summed E-state index contributed by atoms with van der Waals surface area (Å²) in [6.45, 7) is 1.56. The molecule has 1 N–H and O–H groups in total. The molecule has 2 aromatic rings. The fourth-order valence-corrected chi connectivity index (χ4v) is 3.21. The van der Waals surface area contributed by atoms with Gasteiger partial charge in [-0.25, -0.2) is 4.79 Å². The number of nitrogens with one attached hydrogen (secondary N) is 1. The molecule has 1 aromatic carbocycles. The van der Waals surface area contributed by atoms with Crippen molar-refractivity contribution in [2.24, 2.45) is 0 Å². The van der Waals surface area contributed by atoms with Crippen LogP contribution in [0.25, 0.3) is 6.08 Å². The summed E-state index contributed by atoms with van der Waals surface area (Å²) in [4.78, 5) is 49.3. The maximum atomic E-state index is 12.4. The number of hydrogen-bond donors (Lipinski definition) is 1. The predicted molar refractivity (Wildman–Crippen MR) is 102 cm³/mol. The molecule has 0 atom stereocenters. The SMILES string of the molecule is CCOC(=O)c1ccc(NC(=O)CN2C(=O)S/C(=C\c3ccco3)C2=O)cc1. The molecule has 9 heteroatoms. The monoisotopic (exact) mass is 400 g/mol. The molecule has 0 bridgehead atoms. The van der Waals surface area contributed by atoms with Crippen molar-refractivity contribution in [3.63, 3.8) is 0 Å². The van der Waals surface area contributed by atoms with E-state index in [0.29, 0.717) is 17.0 Å². The molecule has 144 valence electrons. The Hall–Kier alpha value is -3.33. The van der Waals surface area contributed by atoms with Crippen LogP contribution in [0.15, 0.2) is 52.0 Å². The van der Waals surface area contributed by atoms with Crippen molar-refractivity contribution >= 4 is 46.5 Å². The average molecular weight is 400 g/mol. The van der Waals surface area contributed by atoms with E-state index in [4.69, 9.17) is 9.15 Å². The summed E-state index contributed by atoms with van der Waals surface area (Å²) in [5.74, 6) is -1.11. The van der Waals surface area contributed by atoms with Gasteiger partial charge in [-0.1, -0.05) is 0 Å². The Bertz CT molecular complexity index is 934. The normalized spacial score (nSPS) is 15.2. The fraction of sp³-hybridized carbons (Fsp3) is 0.158. The number of amides is 3. The van der Waals surface area contributed by atoms with E-state index < -0.39 is 29.6 Å². The summed E-state index contributed by atoms with van der Waals surface area (Å²) in [7, 11) is 0. The average Bonchev–Trinajstić information content (AvgIpc) is 3.27. The molecule has 1 fully saturated rings. The standard InChI is InChI=1S/C19H16N2O6S/c1-2-26-18(24)12-5-7-13(8-6-12)20-16(22)11-21-17(23)15(28-19(21)25)10-14-4-3-9-27-14/h3-10H,2,11H2,1H3,(H,20,22)/b15-10-. The number of hydrogen-bond acceptors (Lipinski definition) is 7. The summed E-state index contributed by atoms with van der Waals surface area (Å²) in [6.07, 6.45) is 2.91. The molecule has 1 aromatic heterocycles. The Morgan fingerprint density at radius 3 is 2.61 bits per heavy atom. The third-order valence-electron chi connectivity index (χ3n) is 3.67. The number of esters is 1. The third kappa shape index (κ3) is 4.49. The van der Waals surface area contributed by atoms with Crippen molar-refractivity contribution in [2.45, 2.75) is 6.92 Å². The van der Waals surface area contributed by atoms with Gasteiger partial charge in [0.1, 0.15) is 12.3 Å². The van der Waals surface area contributed by atoms with Crippen LogP contribution in [0.1, 0.15) is 23.0 Å². The van der Waals surface area contributed by atoms with Crippen molar-refractivity contribution in [3.05, 3.63) is 58.9 Å². The minimum absolute atomic E-state index is 0.187. The molecular weight excluding hydrogens is 384 g/mol. The number of benzene rings is 1. The molecule has 0 radical (unpaired) electrons. The van der Waals surface area contributed by atoms with E-state index >= 15 is 0 Å². The van der Waals surface area contributed by atoms with E-state index in [2.05, 4.69) is 5.32 Å². The maximum Gasteiger partial charge on any atom is 0.338 e. The van der Waals surface area contributed by atoms with E-state index in [1.165, 1.54) is 36.6 Å². The number of imide groups is 1. The molecule has 3 amide bonds. The maximum absolute atomic E-state index is 12.4. The minimum Gasteiger partial charge on any atom is -0.465 e. The lowest BCUT2D eigenvalue weighted by Gasteiger charge is -2.12. The lowest BCUT2D eigenvalue weighted by molar-refractivity contribution is -0.127. The number of carbonyl (C=O) groups is 4. The van der Waals surface area contributed by atoms with Gasteiger partial charge in [-0.2, -0.15) is 0 Å². The number of carbonyl (C=O) groups excluding carboxylic acids is 4. The zero-order valence-electron chi connectivity index (χ0n) is 14.8. The zero-order chi connectivity index (χ0) is 20.1. The summed E-state index contributed by atoms with van der Waals surface area (Å²) in [6, 6.07) is 9.42. The zero-order valence-corrected chi connectivity index (χ0v) is 15.7. The molecule has 0 aliphatic carbocycles. The smallest absolute Gasteiger partial charge is 0.338 e. The third-order valence-corrected chi connectivity index (χ3v) is 4.58. The number of nitrogens with zero attached hydrogens (tertiary/aromatic N) is 1. The highest BCUT2D eigenvalue weighted by molar-refractivity contribution is 8.18. The molecule has 0 saturated carbocycles. The van der Waals surface area contributed by atoms with Crippen molar-refractivity contribution < 1.29 is 28.3 Å². The van der Waals surface area contributed by atoms with Crippen LogP contribution in [0.2, 0.25) is 0 Å². The Kier molecular flexibility index (Phi) is 5.95. The van der Waals surface area contributed by atoms with E-state index in [-0.39, 0.29) is 11.5 Å². The Morgan fingerprint density at radius 1 is 1.21 bits per heavy atom. The molecule has 8 nitrogen and oxygen atoms in total. The van der Waals surface area contributed by atoms with Crippen molar-refractivity contribution in [3.8, 4) is 0 Å². The second-order valence-electron chi connectivity index (χ2n) is 5.63. The first kappa shape index (κ1) is 19.4. The second kappa shape index (κ2) is 8.57. The van der Waals surface area contributed by atoms with Crippen molar-refractivity contribution in [1.29, 1.82) is 0 Å². The summed E-state index contributed by atoms with van der Waals surface area (Å²) < 4.78 is 10.0. The van der Waals surface area contributed by atoms with Crippen LogP contribution in [0, 0.1) is 0 Å². The first-order valence-electron chi connectivity index (χ1n) is 8.34. The van der Waals surface area contributed by atoms with Gasteiger partial charge in [-0.3, -0.25) is 19.3 Å². The first-order valence-corrected chi connectivity index (χ1v) is 9.15. The number of ether oxygens (including phenoxy) is 1. The van der Waals surface area contributed by atoms with Gasteiger partial charge in [0.2, 0.25) is 5.91 Å². The number of rotatable bonds is 6. The highest BCUT2D eigenvalue weighted by atomic mass is 32.2. The van der Waals surface area contributed by atoms with Gasteiger partial charge in [0.05, 0.1) is 23.3 Å². The van der Waals surface area contributed by atoms with Crippen LogP contribution in [0.4, 0.5) is 10.5 Å².